The van der Waals surface area contributed by atoms with Crippen molar-refractivity contribution >= 4 is 17.8 Å². The first kappa shape index (κ1) is 18.2. The number of benzene rings is 2. The minimum Gasteiger partial charge on any atom is -0.548 e. The number of hydrogen-bond donors (Lipinski definition) is 2. The summed E-state index contributed by atoms with van der Waals surface area (Å²) in [5, 5.41) is 13.7. The van der Waals surface area contributed by atoms with Crippen molar-refractivity contribution in [3.63, 3.8) is 0 Å². The lowest BCUT2D eigenvalue weighted by atomic mass is 9.90. The average molecular weight is 339 g/mol. The van der Waals surface area contributed by atoms with Crippen molar-refractivity contribution in [2.75, 3.05) is 0 Å². The molecule has 0 bridgehead atoms. The summed E-state index contributed by atoms with van der Waals surface area (Å²) in [6, 6.07) is 16.8. The molecule has 0 heterocycles. The maximum atomic E-state index is 12.8. The summed E-state index contributed by atoms with van der Waals surface area (Å²) >= 11 is 0. The fourth-order valence-electron chi connectivity index (χ4n) is 2.58. The van der Waals surface area contributed by atoms with E-state index >= 15 is 0 Å². The van der Waals surface area contributed by atoms with Crippen LogP contribution in [0.4, 0.5) is 0 Å². The fraction of sp³-hybridized carbons (Fsp3) is 0.211. The molecule has 0 spiro atoms. The smallest absolute Gasteiger partial charge is 0.232 e. The standard InChI is InChI=1S/C19H20N2O4/c20-16(22)12-11-15(19(24)25)21-18(23)17(13-7-3-1-4-8-13)14-9-5-2-6-10-14/h1-10,15,17H,11-12H2,(H2,20,22)(H,21,23)(H,24,25)/p-1/t15-/m0/s1. The maximum absolute atomic E-state index is 12.8. The molecular formula is C19H19N2O4-. The van der Waals surface area contributed by atoms with E-state index in [9.17, 15) is 19.5 Å². The quantitative estimate of drug-likeness (QED) is 0.721. The van der Waals surface area contributed by atoms with E-state index < -0.39 is 29.7 Å². The molecule has 0 aliphatic carbocycles. The molecule has 6 heteroatoms. The summed E-state index contributed by atoms with van der Waals surface area (Å²) in [5.74, 6) is -3.23. The number of nitrogens with one attached hydrogen (secondary N) is 1. The van der Waals surface area contributed by atoms with Gasteiger partial charge in [-0.3, -0.25) is 9.59 Å². The van der Waals surface area contributed by atoms with Crippen LogP contribution in [0, 0.1) is 0 Å². The van der Waals surface area contributed by atoms with Gasteiger partial charge in [0.25, 0.3) is 0 Å². The van der Waals surface area contributed by atoms with Crippen molar-refractivity contribution in [2.45, 2.75) is 24.8 Å². The fourth-order valence-corrected chi connectivity index (χ4v) is 2.58. The van der Waals surface area contributed by atoms with Gasteiger partial charge < -0.3 is 21.0 Å². The predicted molar refractivity (Wildman–Crippen MR) is 90.1 cm³/mol. The summed E-state index contributed by atoms with van der Waals surface area (Å²) in [5.41, 5.74) is 6.52. The molecule has 2 aromatic carbocycles. The number of nitrogens with two attached hydrogens (primary N) is 1. The zero-order valence-electron chi connectivity index (χ0n) is 13.6. The molecule has 0 aromatic heterocycles. The molecule has 6 nitrogen and oxygen atoms in total. The van der Waals surface area contributed by atoms with E-state index in [1.807, 2.05) is 36.4 Å². The van der Waals surface area contributed by atoms with E-state index in [1.54, 1.807) is 24.3 Å². The number of aliphatic carboxylic acids is 1. The lowest BCUT2D eigenvalue weighted by molar-refractivity contribution is -0.308. The second-order valence-corrected chi connectivity index (χ2v) is 5.64. The van der Waals surface area contributed by atoms with Crippen molar-refractivity contribution in [1.29, 1.82) is 0 Å². The molecule has 1 atom stereocenters. The van der Waals surface area contributed by atoms with Crippen LogP contribution in [0.25, 0.3) is 0 Å². The van der Waals surface area contributed by atoms with Crippen LogP contribution in [-0.2, 0) is 14.4 Å². The molecule has 3 N–H and O–H groups in total. The van der Waals surface area contributed by atoms with Crippen LogP contribution in [-0.4, -0.2) is 23.8 Å². The summed E-state index contributed by atoms with van der Waals surface area (Å²) in [4.78, 5) is 34.9. The van der Waals surface area contributed by atoms with Crippen LogP contribution in [0.3, 0.4) is 0 Å². The molecule has 2 aromatic rings. The van der Waals surface area contributed by atoms with Crippen molar-refractivity contribution in [1.82, 2.24) is 5.32 Å². The number of rotatable bonds is 8. The van der Waals surface area contributed by atoms with E-state index in [0.29, 0.717) is 0 Å². The second kappa shape index (κ2) is 8.63. The van der Waals surface area contributed by atoms with Gasteiger partial charge in [-0.15, -0.1) is 0 Å². The Kier molecular flexibility index (Phi) is 6.28. The van der Waals surface area contributed by atoms with E-state index in [2.05, 4.69) is 5.32 Å². The summed E-state index contributed by atoms with van der Waals surface area (Å²) in [6.45, 7) is 0. The Morgan fingerprint density at radius 1 is 0.920 bits per heavy atom. The van der Waals surface area contributed by atoms with Crippen LogP contribution >= 0.6 is 0 Å². The van der Waals surface area contributed by atoms with Gasteiger partial charge in [0.1, 0.15) is 0 Å². The summed E-state index contributed by atoms with van der Waals surface area (Å²) in [6.07, 6.45) is -0.264. The lowest BCUT2D eigenvalue weighted by Gasteiger charge is -2.24. The van der Waals surface area contributed by atoms with Crippen molar-refractivity contribution in [3.8, 4) is 0 Å². The van der Waals surface area contributed by atoms with Gasteiger partial charge >= 0.3 is 0 Å². The number of hydrogen-bond acceptors (Lipinski definition) is 4. The molecule has 0 aliphatic rings. The van der Waals surface area contributed by atoms with Crippen LogP contribution in [0.2, 0.25) is 0 Å². The molecule has 0 unspecified atom stereocenters. The molecule has 2 rings (SSSR count). The minimum absolute atomic E-state index is 0.111. The molecule has 2 amide bonds. The van der Waals surface area contributed by atoms with Gasteiger partial charge in [-0.05, 0) is 17.5 Å². The molecule has 0 saturated carbocycles. The molecule has 25 heavy (non-hydrogen) atoms. The third-order valence-corrected chi connectivity index (χ3v) is 3.81. The van der Waals surface area contributed by atoms with E-state index in [1.165, 1.54) is 0 Å². The summed E-state index contributed by atoms with van der Waals surface area (Å²) in [7, 11) is 0. The predicted octanol–water partition coefficient (Wildman–Crippen LogP) is 0.319. The SMILES string of the molecule is NC(=O)CC[C@H](NC(=O)C(c1ccccc1)c1ccccc1)C(=O)[O-]. The highest BCUT2D eigenvalue weighted by atomic mass is 16.4. The van der Waals surface area contributed by atoms with Gasteiger partial charge in [-0.1, -0.05) is 60.7 Å². The Morgan fingerprint density at radius 2 is 1.40 bits per heavy atom. The minimum atomic E-state index is -1.45. The van der Waals surface area contributed by atoms with Gasteiger partial charge in [-0.25, -0.2) is 0 Å². The van der Waals surface area contributed by atoms with Crippen LogP contribution in [0.5, 0.6) is 0 Å². The van der Waals surface area contributed by atoms with Gasteiger partial charge in [-0.2, -0.15) is 0 Å². The highest BCUT2D eigenvalue weighted by Crippen LogP contribution is 2.25. The van der Waals surface area contributed by atoms with Gasteiger partial charge in [0.2, 0.25) is 11.8 Å². The van der Waals surface area contributed by atoms with E-state index in [-0.39, 0.29) is 12.8 Å². The number of carbonyl (C=O) groups excluding carboxylic acids is 3. The number of primary amides is 1. The Morgan fingerprint density at radius 3 is 1.80 bits per heavy atom. The monoisotopic (exact) mass is 339 g/mol. The first-order chi connectivity index (χ1) is 12.0. The first-order valence-corrected chi connectivity index (χ1v) is 7.88. The Hall–Kier alpha value is -3.15. The van der Waals surface area contributed by atoms with E-state index in [4.69, 9.17) is 5.73 Å². The molecule has 0 fully saturated rings. The normalized spacial score (nSPS) is 11.7. The maximum Gasteiger partial charge on any atom is 0.232 e. The van der Waals surface area contributed by atoms with Crippen LogP contribution < -0.4 is 16.2 Å². The highest BCUT2D eigenvalue weighted by molar-refractivity contribution is 5.90. The number of carboxylic acids is 1. The number of carboxylic acid groups (broad SMARTS) is 1. The third kappa shape index (κ3) is 5.17. The largest absolute Gasteiger partial charge is 0.548 e. The Bertz CT molecular complexity index is 692. The van der Waals surface area contributed by atoms with Crippen LogP contribution in [0.1, 0.15) is 29.9 Å². The third-order valence-electron chi connectivity index (χ3n) is 3.81. The zero-order valence-corrected chi connectivity index (χ0v) is 13.6. The number of amides is 2. The molecule has 0 saturated heterocycles. The lowest BCUT2D eigenvalue weighted by Crippen LogP contribution is -2.49. The topological polar surface area (TPSA) is 112 Å². The Labute approximate surface area is 145 Å². The van der Waals surface area contributed by atoms with Crippen molar-refractivity contribution in [3.05, 3.63) is 71.8 Å². The Balaban J connectivity index is 2.26. The molecular weight excluding hydrogens is 320 g/mol. The molecule has 0 aliphatic heterocycles. The number of carbonyl (C=O) groups is 3. The highest BCUT2D eigenvalue weighted by Gasteiger charge is 2.25. The first-order valence-electron chi connectivity index (χ1n) is 7.88. The van der Waals surface area contributed by atoms with Crippen LogP contribution in [0.15, 0.2) is 60.7 Å². The van der Waals surface area contributed by atoms with Gasteiger partial charge in [0.15, 0.2) is 0 Å². The van der Waals surface area contributed by atoms with Crippen molar-refractivity contribution in [2.24, 2.45) is 5.73 Å². The molecule has 0 radical (unpaired) electrons. The van der Waals surface area contributed by atoms with Gasteiger partial charge in [0.05, 0.1) is 17.9 Å². The second-order valence-electron chi connectivity index (χ2n) is 5.64. The van der Waals surface area contributed by atoms with Gasteiger partial charge in [0, 0.05) is 6.42 Å². The van der Waals surface area contributed by atoms with E-state index in [0.717, 1.165) is 11.1 Å². The average Bonchev–Trinajstić information content (AvgIpc) is 2.60. The van der Waals surface area contributed by atoms with Crippen molar-refractivity contribution < 1.29 is 19.5 Å². The summed E-state index contributed by atoms with van der Waals surface area (Å²) < 4.78 is 0. The zero-order chi connectivity index (χ0) is 18.2. The molecule has 130 valence electrons.